The molecule has 6 heteroatoms. The van der Waals surface area contributed by atoms with Gasteiger partial charge in [-0.15, -0.1) is 0 Å². The quantitative estimate of drug-likeness (QED) is 0.818. The number of nitrogen functional groups attached to an aromatic ring is 1. The van der Waals surface area contributed by atoms with E-state index >= 15 is 0 Å². The highest BCUT2D eigenvalue weighted by Crippen LogP contribution is 2.35. The van der Waals surface area contributed by atoms with Gasteiger partial charge in [-0.05, 0) is 44.8 Å². The molecule has 1 aromatic carbocycles. The van der Waals surface area contributed by atoms with Gasteiger partial charge in [-0.25, -0.2) is 4.98 Å². The first kappa shape index (κ1) is 16.9. The number of rotatable bonds is 7. The van der Waals surface area contributed by atoms with E-state index in [1.54, 1.807) is 6.20 Å². The van der Waals surface area contributed by atoms with Crippen molar-refractivity contribution in [3.05, 3.63) is 36.0 Å². The predicted molar refractivity (Wildman–Crippen MR) is 93.5 cm³/mol. The summed E-state index contributed by atoms with van der Waals surface area (Å²) in [6.07, 6.45) is 1.72. The molecule has 23 heavy (non-hydrogen) atoms. The van der Waals surface area contributed by atoms with Crippen LogP contribution in [0.5, 0.6) is 17.4 Å². The molecule has 0 aliphatic rings. The summed E-state index contributed by atoms with van der Waals surface area (Å²) < 4.78 is 11.7. The molecule has 1 heterocycles. The third kappa shape index (κ3) is 4.75. The minimum Gasteiger partial charge on any atom is -0.488 e. The number of aromatic nitrogens is 1. The van der Waals surface area contributed by atoms with Crippen molar-refractivity contribution in [2.75, 3.05) is 45.3 Å². The van der Waals surface area contributed by atoms with Gasteiger partial charge in [0, 0.05) is 31.5 Å². The van der Waals surface area contributed by atoms with Gasteiger partial charge in [-0.3, -0.25) is 0 Å². The molecule has 0 saturated heterocycles. The van der Waals surface area contributed by atoms with Crippen molar-refractivity contribution in [2.24, 2.45) is 0 Å². The molecule has 2 rings (SSSR count). The van der Waals surface area contributed by atoms with Gasteiger partial charge in [0.2, 0.25) is 5.88 Å². The summed E-state index contributed by atoms with van der Waals surface area (Å²) in [6, 6.07) is 7.49. The highest BCUT2D eigenvalue weighted by molar-refractivity contribution is 5.57. The van der Waals surface area contributed by atoms with E-state index in [4.69, 9.17) is 15.2 Å². The fraction of sp³-hybridized carbons (Fsp3) is 0.353. The predicted octanol–water partition coefficient (Wildman–Crippen LogP) is 2.75. The lowest BCUT2D eigenvalue weighted by atomic mass is 10.2. The Balaban J connectivity index is 2.22. The average Bonchev–Trinajstić information content (AvgIpc) is 2.51. The molecular weight excluding hydrogens is 292 g/mol. The molecule has 0 aliphatic heterocycles. The molecule has 6 nitrogen and oxygen atoms in total. The number of pyridine rings is 1. The van der Waals surface area contributed by atoms with Gasteiger partial charge < -0.3 is 25.4 Å². The van der Waals surface area contributed by atoms with Crippen molar-refractivity contribution in [3.8, 4) is 17.4 Å². The zero-order valence-electron chi connectivity index (χ0n) is 14.1. The standard InChI is InChI=1S/C17H24N4O2/c1-12-9-14(18)17(20-11-12)23-15-6-5-13(19-2)10-16(15)22-8-7-21(3)4/h5-6,9-11,19H,7-8,18H2,1-4H3. The monoisotopic (exact) mass is 316 g/mol. The molecule has 2 aromatic rings. The number of benzene rings is 1. The van der Waals surface area contributed by atoms with Gasteiger partial charge in [-0.2, -0.15) is 0 Å². The largest absolute Gasteiger partial charge is 0.488 e. The number of nitrogens with zero attached hydrogens (tertiary/aromatic N) is 2. The van der Waals surface area contributed by atoms with Crippen LogP contribution in [0.1, 0.15) is 5.56 Å². The highest BCUT2D eigenvalue weighted by atomic mass is 16.5. The summed E-state index contributed by atoms with van der Waals surface area (Å²) in [4.78, 5) is 6.30. The maximum absolute atomic E-state index is 5.97. The summed E-state index contributed by atoms with van der Waals surface area (Å²) in [5.41, 5.74) is 8.40. The van der Waals surface area contributed by atoms with Crippen molar-refractivity contribution in [2.45, 2.75) is 6.92 Å². The first-order chi connectivity index (χ1) is 11.0. The van der Waals surface area contributed by atoms with Crippen LogP contribution in [0.3, 0.4) is 0 Å². The second-order valence-corrected chi connectivity index (χ2v) is 5.57. The maximum atomic E-state index is 5.97. The first-order valence-corrected chi connectivity index (χ1v) is 7.49. The molecule has 3 N–H and O–H groups in total. The summed E-state index contributed by atoms with van der Waals surface area (Å²) in [5.74, 6) is 1.62. The Kier molecular flexibility index (Phi) is 5.65. The van der Waals surface area contributed by atoms with Crippen LogP contribution in [-0.2, 0) is 0 Å². The highest BCUT2D eigenvalue weighted by Gasteiger charge is 2.11. The smallest absolute Gasteiger partial charge is 0.242 e. The van der Waals surface area contributed by atoms with E-state index in [9.17, 15) is 0 Å². The minimum atomic E-state index is 0.380. The Morgan fingerprint density at radius 3 is 2.65 bits per heavy atom. The summed E-state index contributed by atoms with van der Waals surface area (Å²) in [5, 5.41) is 3.09. The van der Waals surface area contributed by atoms with Crippen LogP contribution in [0.25, 0.3) is 0 Å². The minimum absolute atomic E-state index is 0.380. The van der Waals surface area contributed by atoms with E-state index in [1.165, 1.54) is 0 Å². The Morgan fingerprint density at radius 1 is 1.22 bits per heavy atom. The van der Waals surface area contributed by atoms with Crippen molar-refractivity contribution in [1.82, 2.24) is 9.88 Å². The molecule has 0 aliphatic carbocycles. The molecular formula is C17H24N4O2. The summed E-state index contributed by atoms with van der Waals surface area (Å²) in [7, 11) is 5.86. The molecule has 0 atom stereocenters. The van der Waals surface area contributed by atoms with E-state index in [0.717, 1.165) is 17.8 Å². The van der Waals surface area contributed by atoms with Crippen molar-refractivity contribution >= 4 is 11.4 Å². The third-order valence-electron chi connectivity index (χ3n) is 3.25. The molecule has 0 saturated carbocycles. The molecule has 0 bridgehead atoms. The number of likely N-dealkylation sites (N-methyl/N-ethyl adjacent to an activating group) is 1. The molecule has 0 amide bonds. The zero-order chi connectivity index (χ0) is 16.8. The molecule has 1 aromatic heterocycles. The van der Waals surface area contributed by atoms with E-state index < -0.39 is 0 Å². The van der Waals surface area contributed by atoms with Gasteiger partial charge >= 0.3 is 0 Å². The summed E-state index contributed by atoms with van der Waals surface area (Å²) in [6.45, 7) is 3.31. The molecule has 0 fully saturated rings. The van der Waals surface area contributed by atoms with Crippen molar-refractivity contribution < 1.29 is 9.47 Å². The number of ether oxygens (including phenoxy) is 2. The van der Waals surface area contributed by atoms with E-state index in [-0.39, 0.29) is 0 Å². The zero-order valence-corrected chi connectivity index (χ0v) is 14.1. The van der Waals surface area contributed by atoms with Gasteiger partial charge in [0.15, 0.2) is 11.5 Å². The molecule has 0 radical (unpaired) electrons. The van der Waals surface area contributed by atoms with E-state index in [2.05, 4.69) is 15.2 Å². The Labute approximate surface area is 137 Å². The first-order valence-electron chi connectivity index (χ1n) is 7.49. The van der Waals surface area contributed by atoms with Crippen molar-refractivity contribution in [1.29, 1.82) is 0 Å². The second-order valence-electron chi connectivity index (χ2n) is 5.57. The molecule has 0 unspecified atom stereocenters. The number of hydrogen-bond donors (Lipinski definition) is 2. The van der Waals surface area contributed by atoms with E-state index in [0.29, 0.717) is 29.7 Å². The van der Waals surface area contributed by atoms with Gasteiger partial charge in [0.05, 0.1) is 5.69 Å². The lowest BCUT2D eigenvalue weighted by molar-refractivity contribution is 0.253. The Hall–Kier alpha value is -2.47. The van der Waals surface area contributed by atoms with Crippen LogP contribution in [-0.4, -0.2) is 44.2 Å². The van der Waals surface area contributed by atoms with E-state index in [1.807, 2.05) is 52.3 Å². The fourth-order valence-electron chi connectivity index (χ4n) is 1.97. The van der Waals surface area contributed by atoms with Gasteiger partial charge in [0.25, 0.3) is 0 Å². The number of aryl methyl sites for hydroxylation is 1. The fourth-order valence-corrected chi connectivity index (χ4v) is 1.97. The number of hydrogen-bond acceptors (Lipinski definition) is 6. The molecule has 124 valence electrons. The topological polar surface area (TPSA) is 72.6 Å². The second kappa shape index (κ2) is 7.69. The SMILES string of the molecule is CNc1ccc(Oc2ncc(C)cc2N)c(OCCN(C)C)c1. The van der Waals surface area contributed by atoms with Gasteiger partial charge in [0.1, 0.15) is 6.61 Å². The lowest BCUT2D eigenvalue weighted by Crippen LogP contribution is -2.19. The number of nitrogens with two attached hydrogens (primary N) is 1. The Morgan fingerprint density at radius 2 is 2.00 bits per heavy atom. The van der Waals surface area contributed by atoms with Crippen LogP contribution in [0, 0.1) is 6.92 Å². The van der Waals surface area contributed by atoms with Crippen LogP contribution in [0.2, 0.25) is 0 Å². The average molecular weight is 316 g/mol. The normalized spacial score (nSPS) is 10.7. The summed E-state index contributed by atoms with van der Waals surface area (Å²) >= 11 is 0. The number of nitrogens with one attached hydrogen (secondary N) is 1. The van der Waals surface area contributed by atoms with Crippen LogP contribution in [0.4, 0.5) is 11.4 Å². The number of anilines is 2. The van der Waals surface area contributed by atoms with Crippen LogP contribution >= 0.6 is 0 Å². The van der Waals surface area contributed by atoms with Crippen LogP contribution in [0.15, 0.2) is 30.5 Å². The van der Waals surface area contributed by atoms with Crippen LogP contribution < -0.4 is 20.5 Å². The third-order valence-corrected chi connectivity index (χ3v) is 3.25. The van der Waals surface area contributed by atoms with Crippen molar-refractivity contribution in [3.63, 3.8) is 0 Å². The van der Waals surface area contributed by atoms with Gasteiger partial charge in [-0.1, -0.05) is 0 Å². The lowest BCUT2D eigenvalue weighted by Gasteiger charge is -2.16. The maximum Gasteiger partial charge on any atom is 0.242 e. The Bertz CT molecular complexity index is 659. The molecule has 0 spiro atoms.